The molecule has 0 saturated carbocycles. The molecule has 0 spiro atoms. The highest BCUT2D eigenvalue weighted by molar-refractivity contribution is 9.10. The molecule has 0 heterocycles. The van der Waals surface area contributed by atoms with Crippen LogP contribution in [0.2, 0.25) is 0 Å². The number of benzene rings is 1. The van der Waals surface area contributed by atoms with Crippen molar-refractivity contribution in [3.63, 3.8) is 0 Å². The SMILES string of the molecule is C=CCCCCCC(NCC)c1cc(C)ccc1Br. The number of allylic oxidation sites excluding steroid dienone is 1. The molecule has 1 rings (SSSR count). The standard InChI is InChI=1S/C17H26BrN/c1-4-6-7-8-9-10-17(19-5-2)15-13-14(3)11-12-16(15)18/h4,11-13,17,19H,1,5-10H2,2-3H3. The average Bonchev–Trinajstić information content (AvgIpc) is 2.40. The van der Waals surface area contributed by atoms with Gasteiger partial charge in [0.15, 0.2) is 0 Å². The van der Waals surface area contributed by atoms with Gasteiger partial charge in [0.1, 0.15) is 0 Å². The molecule has 19 heavy (non-hydrogen) atoms. The van der Waals surface area contributed by atoms with Gasteiger partial charge in [-0.2, -0.15) is 0 Å². The monoisotopic (exact) mass is 323 g/mol. The first-order valence-electron chi connectivity index (χ1n) is 7.29. The van der Waals surface area contributed by atoms with Crippen LogP contribution in [0.4, 0.5) is 0 Å². The van der Waals surface area contributed by atoms with Crippen LogP contribution in [-0.2, 0) is 0 Å². The summed E-state index contributed by atoms with van der Waals surface area (Å²) in [6, 6.07) is 7.07. The Morgan fingerprint density at radius 3 is 2.79 bits per heavy atom. The van der Waals surface area contributed by atoms with Gasteiger partial charge in [-0.05, 0) is 44.4 Å². The normalized spacial score (nSPS) is 12.4. The quantitative estimate of drug-likeness (QED) is 0.464. The molecule has 1 N–H and O–H groups in total. The van der Waals surface area contributed by atoms with Crippen LogP contribution in [0.5, 0.6) is 0 Å². The number of aryl methyl sites for hydroxylation is 1. The van der Waals surface area contributed by atoms with E-state index in [-0.39, 0.29) is 0 Å². The fraction of sp³-hybridized carbons (Fsp3) is 0.529. The van der Waals surface area contributed by atoms with Crippen LogP contribution < -0.4 is 5.32 Å². The Kier molecular flexibility index (Phi) is 8.08. The Balaban J connectivity index is 2.60. The molecular formula is C17H26BrN. The smallest absolute Gasteiger partial charge is 0.0331 e. The lowest BCUT2D eigenvalue weighted by Gasteiger charge is -2.20. The number of rotatable bonds is 9. The van der Waals surface area contributed by atoms with E-state index >= 15 is 0 Å². The maximum absolute atomic E-state index is 3.77. The summed E-state index contributed by atoms with van der Waals surface area (Å²) in [4.78, 5) is 0. The highest BCUT2D eigenvalue weighted by Crippen LogP contribution is 2.28. The van der Waals surface area contributed by atoms with E-state index in [0.717, 1.165) is 13.0 Å². The van der Waals surface area contributed by atoms with Crippen molar-refractivity contribution in [2.45, 2.75) is 52.0 Å². The van der Waals surface area contributed by atoms with Crippen LogP contribution in [0.1, 0.15) is 56.2 Å². The Morgan fingerprint density at radius 2 is 2.11 bits per heavy atom. The molecule has 1 atom stereocenters. The first-order chi connectivity index (χ1) is 9.19. The minimum atomic E-state index is 0.461. The van der Waals surface area contributed by atoms with E-state index in [9.17, 15) is 0 Å². The topological polar surface area (TPSA) is 12.0 Å². The van der Waals surface area contributed by atoms with Crippen LogP contribution in [0.15, 0.2) is 35.3 Å². The van der Waals surface area contributed by atoms with E-state index in [4.69, 9.17) is 0 Å². The minimum absolute atomic E-state index is 0.461. The highest BCUT2D eigenvalue weighted by atomic mass is 79.9. The van der Waals surface area contributed by atoms with Crippen molar-refractivity contribution in [1.82, 2.24) is 5.32 Å². The summed E-state index contributed by atoms with van der Waals surface area (Å²) in [5.74, 6) is 0. The van der Waals surface area contributed by atoms with Crippen LogP contribution in [0, 0.1) is 6.92 Å². The predicted molar refractivity (Wildman–Crippen MR) is 88.6 cm³/mol. The third-order valence-corrected chi connectivity index (χ3v) is 4.10. The van der Waals surface area contributed by atoms with Gasteiger partial charge in [-0.3, -0.25) is 0 Å². The second-order valence-electron chi connectivity index (χ2n) is 5.06. The third-order valence-electron chi connectivity index (χ3n) is 3.38. The molecule has 0 fully saturated rings. The molecule has 0 saturated heterocycles. The van der Waals surface area contributed by atoms with E-state index in [0.29, 0.717) is 6.04 Å². The molecule has 106 valence electrons. The first kappa shape index (κ1) is 16.5. The van der Waals surface area contributed by atoms with E-state index in [1.54, 1.807) is 0 Å². The summed E-state index contributed by atoms with van der Waals surface area (Å²) >= 11 is 3.68. The lowest BCUT2D eigenvalue weighted by Crippen LogP contribution is -2.21. The summed E-state index contributed by atoms with van der Waals surface area (Å²) in [5.41, 5.74) is 2.72. The molecule has 1 aromatic carbocycles. The van der Waals surface area contributed by atoms with Gasteiger partial charge in [-0.15, -0.1) is 6.58 Å². The molecular weight excluding hydrogens is 298 g/mol. The number of hydrogen-bond acceptors (Lipinski definition) is 1. The van der Waals surface area contributed by atoms with Crippen LogP contribution in [-0.4, -0.2) is 6.54 Å². The predicted octanol–water partition coefficient (Wildman–Crippen LogP) is 5.54. The zero-order valence-corrected chi connectivity index (χ0v) is 13.8. The zero-order valence-electron chi connectivity index (χ0n) is 12.2. The molecule has 0 aliphatic rings. The van der Waals surface area contributed by atoms with Crippen molar-refractivity contribution in [1.29, 1.82) is 0 Å². The van der Waals surface area contributed by atoms with E-state index in [1.807, 2.05) is 6.08 Å². The summed E-state index contributed by atoms with van der Waals surface area (Å²) in [5, 5.41) is 3.61. The molecule has 1 aromatic rings. The third kappa shape index (κ3) is 5.92. The van der Waals surface area contributed by atoms with Crippen molar-refractivity contribution >= 4 is 15.9 Å². The van der Waals surface area contributed by atoms with Crippen LogP contribution in [0.25, 0.3) is 0 Å². The molecule has 0 radical (unpaired) electrons. The van der Waals surface area contributed by atoms with Crippen molar-refractivity contribution < 1.29 is 0 Å². The second-order valence-corrected chi connectivity index (χ2v) is 5.92. The lowest BCUT2D eigenvalue weighted by molar-refractivity contribution is 0.482. The van der Waals surface area contributed by atoms with Gasteiger partial charge in [0.25, 0.3) is 0 Å². The summed E-state index contributed by atoms with van der Waals surface area (Å²) < 4.78 is 1.22. The number of hydrogen-bond donors (Lipinski definition) is 1. The number of nitrogens with one attached hydrogen (secondary N) is 1. The second kappa shape index (κ2) is 9.33. The zero-order chi connectivity index (χ0) is 14.1. The fourth-order valence-electron chi connectivity index (χ4n) is 2.36. The van der Waals surface area contributed by atoms with Crippen molar-refractivity contribution in [3.8, 4) is 0 Å². The molecule has 0 amide bonds. The maximum Gasteiger partial charge on any atom is 0.0331 e. The van der Waals surface area contributed by atoms with Crippen LogP contribution in [0.3, 0.4) is 0 Å². The summed E-state index contributed by atoms with van der Waals surface area (Å²) in [7, 11) is 0. The van der Waals surface area contributed by atoms with Gasteiger partial charge < -0.3 is 5.32 Å². The number of unbranched alkanes of at least 4 members (excludes halogenated alkanes) is 3. The largest absolute Gasteiger partial charge is 0.310 e. The van der Waals surface area contributed by atoms with Gasteiger partial charge in [0.2, 0.25) is 0 Å². The van der Waals surface area contributed by atoms with Gasteiger partial charge >= 0.3 is 0 Å². The van der Waals surface area contributed by atoms with Gasteiger partial charge in [-0.1, -0.05) is 59.5 Å². The molecule has 0 aliphatic heterocycles. The van der Waals surface area contributed by atoms with E-state index < -0.39 is 0 Å². The Hall–Kier alpha value is -0.600. The number of halogens is 1. The fourth-order valence-corrected chi connectivity index (χ4v) is 2.88. The van der Waals surface area contributed by atoms with Crippen LogP contribution >= 0.6 is 15.9 Å². The molecule has 1 unspecified atom stereocenters. The van der Waals surface area contributed by atoms with Gasteiger partial charge in [-0.25, -0.2) is 0 Å². The summed E-state index contributed by atoms with van der Waals surface area (Å²) in [6.45, 7) is 9.12. The average molecular weight is 324 g/mol. The van der Waals surface area contributed by atoms with Crippen molar-refractivity contribution in [2.75, 3.05) is 6.54 Å². The Morgan fingerprint density at radius 1 is 1.32 bits per heavy atom. The van der Waals surface area contributed by atoms with Gasteiger partial charge in [0, 0.05) is 10.5 Å². The Bertz CT molecular complexity index is 387. The summed E-state index contributed by atoms with van der Waals surface area (Å²) in [6.07, 6.45) is 8.17. The maximum atomic E-state index is 3.77. The highest BCUT2D eigenvalue weighted by Gasteiger charge is 2.13. The molecule has 0 aromatic heterocycles. The molecule has 0 aliphatic carbocycles. The van der Waals surface area contributed by atoms with Crippen molar-refractivity contribution in [2.24, 2.45) is 0 Å². The van der Waals surface area contributed by atoms with E-state index in [2.05, 4.69) is 59.9 Å². The molecule has 2 heteroatoms. The van der Waals surface area contributed by atoms with E-state index in [1.165, 1.54) is 41.3 Å². The minimum Gasteiger partial charge on any atom is -0.310 e. The lowest BCUT2D eigenvalue weighted by atomic mass is 9.98. The Labute approximate surface area is 126 Å². The molecule has 1 nitrogen and oxygen atoms in total. The van der Waals surface area contributed by atoms with Gasteiger partial charge in [0.05, 0.1) is 0 Å². The molecule has 0 bridgehead atoms. The first-order valence-corrected chi connectivity index (χ1v) is 8.08. The van der Waals surface area contributed by atoms with Crippen molar-refractivity contribution in [3.05, 3.63) is 46.5 Å².